The third kappa shape index (κ3) is 2.59. The van der Waals surface area contributed by atoms with Gasteiger partial charge >= 0.3 is 5.97 Å². The molecule has 0 amide bonds. The smallest absolute Gasteiger partial charge is 0.325 e. The molecule has 1 aromatic rings. The normalized spacial score (nSPS) is 21.9. The van der Waals surface area contributed by atoms with E-state index in [1.54, 1.807) is 0 Å². The molecular formula is C12H15NO3. The van der Waals surface area contributed by atoms with Crippen LogP contribution in [-0.4, -0.2) is 30.3 Å². The molecule has 16 heavy (non-hydrogen) atoms. The van der Waals surface area contributed by atoms with Gasteiger partial charge < -0.3 is 9.84 Å². The van der Waals surface area contributed by atoms with Crippen molar-refractivity contribution in [1.29, 1.82) is 0 Å². The highest BCUT2D eigenvalue weighted by Gasteiger charge is 2.25. The monoisotopic (exact) mass is 221 g/mol. The summed E-state index contributed by atoms with van der Waals surface area (Å²) < 4.78 is 5.22. The number of benzene rings is 1. The topological polar surface area (TPSA) is 58.6 Å². The van der Waals surface area contributed by atoms with Crippen molar-refractivity contribution in [3.63, 3.8) is 0 Å². The van der Waals surface area contributed by atoms with Gasteiger partial charge in [-0.25, -0.2) is 0 Å². The highest BCUT2D eigenvalue weighted by Crippen LogP contribution is 2.16. The van der Waals surface area contributed by atoms with Crippen LogP contribution < -0.4 is 5.32 Å². The predicted octanol–water partition coefficient (Wildman–Crippen LogP) is 1.19. The Hall–Kier alpha value is -1.39. The van der Waals surface area contributed by atoms with E-state index in [1.165, 1.54) is 0 Å². The first-order valence-corrected chi connectivity index (χ1v) is 5.39. The van der Waals surface area contributed by atoms with Gasteiger partial charge in [0, 0.05) is 12.6 Å². The van der Waals surface area contributed by atoms with Crippen molar-refractivity contribution in [2.75, 3.05) is 13.2 Å². The largest absolute Gasteiger partial charge is 0.480 e. The molecule has 0 aromatic heterocycles. The molecular weight excluding hydrogens is 206 g/mol. The van der Waals surface area contributed by atoms with Crippen molar-refractivity contribution in [3.05, 3.63) is 35.9 Å². The summed E-state index contributed by atoms with van der Waals surface area (Å²) in [5, 5.41) is 12.3. The van der Waals surface area contributed by atoms with Crippen LogP contribution in [0, 0.1) is 0 Å². The molecule has 1 aliphatic heterocycles. The Bertz CT molecular complexity index is 347. The Morgan fingerprint density at radius 3 is 2.75 bits per heavy atom. The maximum atomic E-state index is 11.2. The van der Waals surface area contributed by atoms with E-state index in [0.29, 0.717) is 13.2 Å². The van der Waals surface area contributed by atoms with Crippen LogP contribution in [0.4, 0.5) is 0 Å². The third-order valence-corrected chi connectivity index (χ3v) is 2.71. The van der Waals surface area contributed by atoms with E-state index in [0.717, 1.165) is 12.0 Å². The van der Waals surface area contributed by atoms with Gasteiger partial charge in [0.15, 0.2) is 0 Å². The Kier molecular flexibility index (Phi) is 3.54. The zero-order chi connectivity index (χ0) is 11.4. The summed E-state index contributed by atoms with van der Waals surface area (Å²) in [5.74, 6) is -0.849. The quantitative estimate of drug-likeness (QED) is 0.801. The molecule has 0 bridgehead atoms. The lowest BCUT2D eigenvalue weighted by molar-refractivity contribution is -0.139. The molecule has 86 valence electrons. The summed E-state index contributed by atoms with van der Waals surface area (Å²) in [6.07, 6.45) is 0.872. The average molecular weight is 221 g/mol. The third-order valence-electron chi connectivity index (χ3n) is 2.71. The number of hydrogen-bond donors (Lipinski definition) is 2. The fourth-order valence-electron chi connectivity index (χ4n) is 1.86. The highest BCUT2D eigenvalue weighted by molar-refractivity contribution is 5.75. The van der Waals surface area contributed by atoms with E-state index in [2.05, 4.69) is 5.32 Å². The first-order chi connectivity index (χ1) is 7.77. The maximum Gasteiger partial charge on any atom is 0.325 e. The lowest BCUT2D eigenvalue weighted by atomic mass is 10.1. The second-order valence-corrected chi connectivity index (χ2v) is 3.91. The first-order valence-electron chi connectivity index (χ1n) is 5.39. The van der Waals surface area contributed by atoms with Crippen LogP contribution in [0.15, 0.2) is 30.3 Å². The Morgan fingerprint density at radius 2 is 2.19 bits per heavy atom. The van der Waals surface area contributed by atoms with Gasteiger partial charge in [-0.2, -0.15) is 0 Å². The number of carboxylic acids is 1. The molecule has 4 nitrogen and oxygen atoms in total. The van der Waals surface area contributed by atoms with E-state index in [-0.39, 0.29) is 6.04 Å². The molecule has 2 N–H and O–H groups in total. The molecule has 1 aliphatic rings. The van der Waals surface area contributed by atoms with Crippen LogP contribution in [0.25, 0.3) is 0 Å². The molecule has 4 heteroatoms. The van der Waals surface area contributed by atoms with Crippen molar-refractivity contribution in [2.24, 2.45) is 0 Å². The minimum atomic E-state index is -0.849. The molecule has 2 rings (SSSR count). The lowest BCUT2D eigenvalue weighted by Gasteiger charge is -2.18. The molecule has 0 aliphatic carbocycles. The van der Waals surface area contributed by atoms with Gasteiger partial charge in [-0.3, -0.25) is 10.1 Å². The van der Waals surface area contributed by atoms with E-state index < -0.39 is 12.0 Å². The number of aliphatic carboxylic acids is 1. The van der Waals surface area contributed by atoms with Gasteiger partial charge in [0.25, 0.3) is 0 Å². The van der Waals surface area contributed by atoms with Gasteiger partial charge in [0.1, 0.15) is 6.04 Å². The van der Waals surface area contributed by atoms with Crippen molar-refractivity contribution >= 4 is 5.97 Å². The standard InChI is InChI=1S/C12H15NO3/c14-12(15)11(9-4-2-1-3-5-9)13-10-6-7-16-8-10/h1-5,10-11,13H,6-8H2,(H,14,15). The summed E-state index contributed by atoms with van der Waals surface area (Å²) >= 11 is 0. The first kappa shape index (κ1) is 11.1. The summed E-state index contributed by atoms with van der Waals surface area (Å²) in [6, 6.07) is 8.70. The fourth-order valence-corrected chi connectivity index (χ4v) is 1.86. The van der Waals surface area contributed by atoms with Crippen LogP contribution in [0.1, 0.15) is 18.0 Å². The molecule has 0 spiro atoms. The summed E-state index contributed by atoms with van der Waals surface area (Å²) in [5.41, 5.74) is 0.780. The Labute approximate surface area is 94.2 Å². The van der Waals surface area contributed by atoms with Gasteiger partial charge in [-0.05, 0) is 12.0 Å². The van der Waals surface area contributed by atoms with E-state index >= 15 is 0 Å². The molecule has 1 heterocycles. The molecule has 2 atom stereocenters. The number of ether oxygens (including phenoxy) is 1. The fraction of sp³-hybridized carbons (Fsp3) is 0.417. The van der Waals surface area contributed by atoms with Crippen molar-refractivity contribution in [3.8, 4) is 0 Å². The second-order valence-electron chi connectivity index (χ2n) is 3.91. The zero-order valence-electron chi connectivity index (χ0n) is 8.93. The van der Waals surface area contributed by atoms with Gasteiger partial charge in [0.2, 0.25) is 0 Å². The van der Waals surface area contributed by atoms with Gasteiger partial charge in [0.05, 0.1) is 6.61 Å². The Balaban J connectivity index is 2.08. The van der Waals surface area contributed by atoms with Gasteiger partial charge in [-0.1, -0.05) is 30.3 Å². The number of nitrogens with one attached hydrogen (secondary N) is 1. The molecule has 1 aromatic carbocycles. The van der Waals surface area contributed by atoms with E-state index in [4.69, 9.17) is 4.74 Å². The molecule has 1 fully saturated rings. The Morgan fingerprint density at radius 1 is 1.44 bits per heavy atom. The van der Waals surface area contributed by atoms with Crippen LogP contribution >= 0.6 is 0 Å². The van der Waals surface area contributed by atoms with Crippen LogP contribution in [-0.2, 0) is 9.53 Å². The van der Waals surface area contributed by atoms with Crippen LogP contribution in [0.2, 0.25) is 0 Å². The number of hydrogen-bond acceptors (Lipinski definition) is 3. The van der Waals surface area contributed by atoms with Crippen LogP contribution in [0.5, 0.6) is 0 Å². The average Bonchev–Trinajstić information content (AvgIpc) is 2.79. The highest BCUT2D eigenvalue weighted by atomic mass is 16.5. The lowest BCUT2D eigenvalue weighted by Crippen LogP contribution is -2.37. The molecule has 2 unspecified atom stereocenters. The number of rotatable bonds is 4. The van der Waals surface area contributed by atoms with Crippen molar-refractivity contribution < 1.29 is 14.6 Å². The van der Waals surface area contributed by atoms with Crippen molar-refractivity contribution in [2.45, 2.75) is 18.5 Å². The molecule has 1 saturated heterocycles. The predicted molar refractivity (Wildman–Crippen MR) is 59.2 cm³/mol. The van der Waals surface area contributed by atoms with E-state index in [1.807, 2.05) is 30.3 Å². The van der Waals surface area contributed by atoms with E-state index in [9.17, 15) is 9.90 Å². The van der Waals surface area contributed by atoms with Crippen LogP contribution in [0.3, 0.4) is 0 Å². The SMILES string of the molecule is O=C(O)C(NC1CCOC1)c1ccccc1. The molecule has 0 radical (unpaired) electrons. The summed E-state index contributed by atoms with van der Waals surface area (Å²) in [6.45, 7) is 1.30. The second kappa shape index (κ2) is 5.09. The minimum Gasteiger partial charge on any atom is -0.480 e. The van der Waals surface area contributed by atoms with Crippen molar-refractivity contribution in [1.82, 2.24) is 5.32 Å². The zero-order valence-corrected chi connectivity index (χ0v) is 8.93. The van der Waals surface area contributed by atoms with Gasteiger partial charge in [-0.15, -0.1) is 0 Å². The molecule has 0 saturated carbocycles. The minimum absolute atomic E-state index is 0.140. The maximum absolute atomic E-state index is 11.2. The summed E-state index contributed by atoms with van der Waals surface area (Å²) in [7, 11) is 0. The summed E-state index contributed by atoms with van der Waals surface area (Å²) in [4.78, 5) is 11.2. The number of carboxylic acid groups (broad SMARTS) is 1. The number of carbonyl (C=O) groups is 1.